The van der Waals surface area contributed by atoms with Gasteiger partial charge >= 0.3 is 0 Å². The van der Waals surface area contributed by atoms with Gasteiger partial charge in [0.05, 0.1) is 24.1 Å². The minimum Gasteiger partial charge on any atom is -0.357 e. The fraction of sp³-hybridized carbons (Fsp3) is 0.500. The average Bonchev–Trinajstić information content (AvgIpc) is 3.12. The summed E-state index contributed by atoms with van der Waals surface area (Å²) in [5.74, 6) is 0.190. The van der Waals surface area contributed by atoms with Gasteiger partial charge in [-0.1, -0.05) is 0 Å². The van der Waals surface area contributed by atoms with Crippen LogP contribution in [0.5, 0.6) is 0 Å². The maximum atomic E-state index is 12.0. The SMILES string of the molecule is CCN1C(=O)CN(C2CC2)c2ccncc21. The second-order valence-corrected chi connectivity index (χ2v) is 4.36. The van der Waals surface area contributed by atoms with Crippen LogP contribution in [0.3, 0.4) is 0 Å². The molecule has 2 heterocycles. The molecule has 0 radical (unpaired) electrons. The van der Waals surface area contributed by atoms with Gasteiger partial charge in [-0.25, -0.2) is 0 Å². The summed E-state index contributed by atoms with van der Waals surface area (Å²) in [5.41, 5.74) is 2.13. The third-order valence-corrected chi connectivity index (χ3v) is 3.29. The van der Waals surface area contributed by atoms with Crippen LogP contribution in [0.25, 0.3) is 0 Å². The number of hydrogen-bond donors (Lipinski definition) is 0. The normalized spacial score (nSPS) is 19.9. The summed E-state index contributed by atoms with van der Waals surface area (Å²) < 4.78 is 0. The van der Waals surface area contributed by atoms with E-state index in [4.69, 9.17) is 0 Å². The van der Waals surface area contributed by atoms with E-state index in [1.54, 1.807) is 12.4 Å². The van der Waals surface area contributed by atoms with Gasteiger partial charge in [-0.05, 0) is 25.8 Å². The number of amides is 1. The van der Waals surface area contributed by atoms with Gasteiger partial charge in [0, 0.05) is 18.8 Å². The number of anilines is 2. The molecule has 4 nitrogen and oxygen atoms in total. The minimum atomic E-state index is 0.190. The lowest BCUT2D eigenvalue weighted by Gasteiger charge is -2.36. The molecule has 1 aliphatic carbocycles. The zero-order chi connectivity index (χ0) is 11.1. The maximum absolute atomic E-state index is 12.0. The lowest BCUT2D eigenvalue weighted by atomic mass is 10.2. The summed E-state index contributed by atoms with van der Waals surface area (Å²) >= 11 is 0. The number of fused-ring (bicyclic) bond motifs is 1. The lowest BCUT2D eigenvalue weighted by molar-refractivity contribution is -0.117. The van der Waals surface area contributed by atoms with E-state index in [2.05, 4.69) is 9.88 Å². The van der Waals surface area contributed by atoms with E-state index in [9.17, 15) is 4.79 Å². The number of nitrogens with zero attached hydrogens (tertiary/aromatic N) is 3. The van der Waals surface area contributed by atoms with E-state index in [1.165, 1.54) is 18.5 Å². The Bertz CT molecular complexity index is 428. The standard InChI is InChI=1S/C12H15N3O/c1-2-14-11-7-13-6-5-10(11)15(8-12(14)16)9-3-4-9/h5-7,9H,2-4,8H2,1H3. The van der Waals surface area contributed by atoms with Gasteiger partial charge in [0.15, 0.2) is 0 Å². The fourth-order valence-corrected chi connectivity index (χ4v) is 2.34. The molecule has 0 aromatic carbocycles. The number of pyridine rings is 1. The Morgan fingerprint density at radius 3 is 2.94 bits per heavy atom. The van der Waals surface area contributed by atoms with Crippen molar-refractivity contribution < 1.29 is 4.79 Å². The summed E-state index contributed by atoms with van der Waals surface area (Å²) in [6, 6.07) is 2.59. The Hall–Kier alpha value is -1.58. The summed E-state index contributed by atoms with van der Waals surface area (Å²) in [6.07, 6.45) is 6.02. The van der Waals surface area contributed by atoms with Crippen molar-refractivity contribution in [2.24, 2.45) is 0 Å². The van der Waals surface area contributed by atoms with Crippen molar-refractivity contribution in [1.82, 2.24) is 4.98 Å². The van der Waals surface area contributed by atoms with E-state index in [-0.39, 0.29) is 5.91 Å². The van der Waals surface area contributed by atoms with Crippen LogP contribution in [0.4, 0.5) is 11.4 Å². The topological polar surface area (TPSA) is 36.4 Å². The number of carbonyl (C=O) groups excluding carboxylic acids is 1. The largest absolute Gasteiger partial charge is 0.357 e. The van der Waals surface area contributed by atoms with Crippen LogP contribution in [0.15, 0.2) is 18.5 Å². The molecule has 1 aromatic heterocycles. The predicted molar refractivity (Wildman–Crippen MR) is 62.6 cm³/mol. The molecule has 0 spiro atoms. The number of aromatic nitrogens is 1. The van der Waals surface area contributed by atoms with Crippen LogP contribution >= 0.6 is 0 Å². The molecular weight excluding hydrogens is 202 g/mol. The quantitative estimate of drug-likeness (QED) is 0.751. The van der Waals surface area contributed by atoms with Gasteiger partial charge in [0.2, 0.25) is 5.91 Å². The van der Waals surface area contributed by atoms with E-state index in [0.717, 1.165) is 12.2 Å². The Labute approximate surface area is 94.9 Å². The molecule has 1 fully saturated rings. The summed E-state index contributed by atoms with van der Waals surface area (Å²) in [5, 5.41) is 0. The minimum absolute atomic E-state index is 0.190. The number of likely N-dealkylation sites (N-methyl/N-ethyl adjacent to an activating group) is 1. The first-order chi connectivity index (χ1) is 7.81. The third-order valence-electron chi connectivity index (χ3n) is 3.29. The highest BCUT2D eigenvalue weighted by atomic mass is 16.2. The molecule has 1 aliphatic heterocycles. The molecule has 2 aliphatic rings. The number of carbonyl (C=O) groups is 1. The first kappa shape index (κ1) is 9.63. The van der Waals surface area contributed by atoms with Crippen molar-refractivity contribution in [3.8, 4) is 0 Å². The Morgan fingerprint density at radius 2 is 2.25 bits per heavy atom. The Kier molecular flexibility index (Phi) is 2.09. The van der Waals surface area contributed by atoms with Crippen molar-refractivity contribution >= 4 is 17.3 Å². The maximum Gasteiger partial charge on any atom is 0.246 e. The van der Waals surface area contributed by atoms with Gasteiger partial charge in [-0.3, -0.25) is 9.78 Å². The fourth-order valence-electron chi connectivity index (χ4n) is 2.34. The van der Waals surface area contributed by atoms with Crippen LogP contribution in [0.1, 0.15) is 19.8 Å². The zero-order valence-corrected chi connectivity index (χ0v) is 9.39. The number of rotatable bonds is 2. The first-order valence-corrected chi connectivity index (χ1v) is 5.82. The van der Waals surface area contributed by atoms with Crippen LogP contribution in [-0.2, 0) is 4.79 Å². The Balaban J connectivity index is 2.06. The molecule has 0 N–H and O–H groups in total. The van der Waals surface area contributed by atoms with Gasteiger partial charge < -0.3 is 9.80 Å². The molecule has 3 rings (SSSR count). The molecule has 84 valence electrons. The van der Waals surface area contributed by atoms with Crippen molar-refractivity contribution in [2.75, 3.05) is 22.9 Å². The molecule has 0 bridgehead atoms. The molecular formula is C12H15N3O. The summed E-state index contributed by atoms with van der Waals surface area (Å²) in [6.45, 7) is 3.24. The van der Waals surface area contributed by atoms with Crippen molar-refractivity contribution in [3.63, 3.8) is 0 Å². The van der Waals surface area contributed by atoms with Gasteiger partial charge in [0.25, 0.3) is 0 Å². The lowest BCUT2D eigenvalue weighted by Crippen LogP contribution is -2.46. The van der Waals surface area contributed by atoms with Gasteiger partial charge in [-0.2, -0.15) is 0 Å². The van der Waals surface area contributed by atoms with E-state index < -0.39 is 0 Å². The third kappa shape index (κ3) is 1.37. The number of hydrogen-bond acceptors (Lipinski definition) is 3. The van der Waals surface area contributed by atoms with E-state index >= 15 is 0 Å². The molecule has 0 atom stereocenters. The van der Waals surface area contributed by atoms with Gasteiger partial charge in [0.1, 0.15) is 0 Å². The first-order valence-electron chi connectivity index (χ1n) is 5.82. The monoisotopic (exact) mass is 217 g/mol. The predicted octanol–water partition coefficient (Wildman–Crippen LogP) is 1.42. The molecule has 0 saturated heterocycles. The second kappa shape index (κ2) is 3.47. The van der Waals surface area contributed by atoms with Crippen LogP contribution < -0.4 is 9.80 Å². The highest BCUT2D eigenvalue weighted by molar-refractivity contribution is 6.03. The molecule has 1 saturated carbocycles. The van der Waals surface area contributed by atoms with Crippen molar-refractivity contribution in [1.29, 1.82) is 0 Å². The Morgan fingerprint density at radius 1 is 1.44 bits per heavy atom. The van der Waals surface area contributed by atoms with Gasteiger partial charge in [-0.15, -0.1) is 0 Å². The van der Waals surface area contributed by atoms with Crippen LogP contribution in [0, 0.1) is 0 Å². The van der Waals surface area contributed by atoms with Crippen LogP contribution in [0.2, 0.25) is 0 Å². The molecule has 1 aromatic rings. The van der Waals surface area contributed by atoms with Crippen molar-refractivity contribution in [2.45, 2.75) is 25.8 Å². The molecule has 4 heteroatoms. The highest BCUT2D eigenvalue weighted by Crippen LogP contribution is 2.39. The molecule has 0 unspecified atom stereocenters. The summed E-state index contributed by atoms with van der Waals surface area (Å²) in [4.78, 5) is 20.2. The second-order valence-electron chi connectivity index (χ2n) is 4.36. The smallest absolute Gasteiger partial charge is 0.246 e. The molecule has 1 amide bonds. The zero-order valence-electron chi connectivity index (χ0n) is 9.39. The highest BCUT2D eigenvalue weighted by Gasteiger charge is 2.36. The average molecular weight is 217 g/mol. The van der Waals surface area contributed by atoms with E-state index in [0.29, 0.717) is 12.6 Å². The van der Waals surface area contributed by atoms with Crippen molar-refractivity contribution in [3.05, 3.63) is 18.5 Å². The summed E-state index contributed by atoms with van der Waals surface area (Å²) in [7, 11) is 0. The van der Waals surface area contributed by atoms with Crippen LogP contribution in [-0.4, -0.2) is 30.0 Å². The van der Waals surface area contributed by atoms with E-state index in [1.807, 2.05) is 17.9 Å². The molecule has 16 heavy (non-hydrogen) atoms.